The molecule has 0 heterocycles. The third-order valence-electron chi connectivity index (χ3n) is 2.28. The molecule has 14 heavy (non-hydrogen) atoms. The lowest BCUT2D eigenvalue weighted by molar-refractivity contribution is 0.112. The fourth-order valence-electron chi connectivity index (χ4n) is 1.55. The Morgan fingerprint density at radius 2 is 1.93 bits per heavy atom. The number of fused-ring (bicyclic) bond motifs is 1. The third-order valence-corrected chi connectivity index (χ3v) is 2.28. The van der Waals surface area contributed by atoms with Crippen LogP contribution in [-0.2, 0) is 0 Å². The lowest BCUT2D eigenvalue weighted by atomic mass is 10.0. The van der Waals surface area contributed by atoms with Crippen LogP contribution in [0.5, 0.6) is 0 Å². The molecule has 0 saturated heterocycles. The van der Waals surface area contributed by atoms with Crippen LogP contribution in [0.25, 0.3) is 10.8 Å². The van der Waals surface area contributed by atoms with E-state index in [0.29, 0.717) is 16.3 Å². The van der Waals surface area contributed by atoms with Gasteiger partial charge in [-0.05, 0) is 30.5 Å². The number of hydrogen-bond donors (Lipinski definition) is 0. The van der Waals surface area contributed by atoms with Crippen LogP contribution in [0.2, 0.25) is 0 Å². The highest BCUT2D eigenvalue weighted by molar-refractivity contribution is 5.98. The monoisotopic (exact) mass is 188 g/mol. The molecule has 2 heteroatoms. The molecule has 0 saturated carbocycles. The van der Waals surface area contributed by atoms with E-state index in [2.05, 4.69) is 0 Å². The van der Waals surface area contributed by atoms with Gasteiger partial charge in [0.05, 0.1) is 0 Å². The van der Waals surface area contributed by atoms with E-state index in [1.807, 2.05) is 13.0 Å². The lowest BCUT2D eigenvalue weighted by Gasteiger charge is -2.03. The van der Waals surface area contributed by atoms with E-state index < -0.39 is 0 Å². The second-order valence-corrected chi connectivity index (χ2v) is 3.30. The number of carbonyl (C=O) groups is 1. The van der Waals surface area contributed by atoms with Crippen LogP contribution >= 0.6 is 0 Å². The molecule has 2 aromatic rings. The number of aryl methyl sites for hydroxylation is 1. The number of halogens is 1. The molecule has 0 spiro atoms. The first-order valence-electron chi connectivity index (χ1n) is 4.36. The van der Waals surface area contributed by atoms with Crippen molar-refractivity contribution in [2.24, 2.45) is 0 Å². The summed E-state index contributed by atoms with van der Waals surface area (Å²) in [4.78, 5) is 10.7. The molecule has 2 aromatic carbocycles. The second-order valence-electron chi connectivity index (χ2n) is 3.30. The maximum atomic E-state index is 13.4. The molecule has 0 bridgehead atoms. The quantitative estimate of drug-likeness (QED) is 0.628. The van der Waals surface area contributed by atoms with E-state index in [9.17, 15) is 9.18 Å². The van der Waals surface area contributed by atoms with Gasteiger partial charge in [0.15, 0.2) is 6.29 Å². The van der Waals surface area contributed by atoms with Crippen LogP contribution in [0.4, 0.5) is 4.39 Å². The Hall–Kier alpha value is -1.70. The molecule has 0 radical (unpaired) electrons. The summed E-state index contributed by atoms with van der Waals surface area (Å²) in [6.07, 6.45) is 0.747. The number of hydrogen-bond acceptors (Lipinski definition) is 1. The van der Waals surface area contributed by atoms with Gasteiger partial charge in [0.1, 0.15) is 5.82 Å². The van der Waals surface area contributed by atoms with Crippen LogP contribution < -0.4 is 0 Å². The van der Waals surface area contributed by atoms with Crippen molar-refractivity contribution in [1.82, 2.24) is 0 Å². The van der Waals surface area contributed by atoms with E-state index in [1.165, 1.54) is 12.1 Å². The SMILES string of the molecule is Cc1ccc2c(C=O)ccc(F)c2c1. The Balaban J connectivity index is 2.91. The topological polar surface area (TPSA) is 17.1 Å². The van der Waals surface area contributed by atoms with Gasteiger partial charge in [0.2, 0.25) is 0 Å². The molecule has 0 aliphatic heterocycles. The van der Waals surface area contributed by atoms with Crippen LogP contribution in [0.15, 0.2) is 30.3 Å². The molecule has 0 aliphatic carbocycles. The molecule has 0 atom stereocenters. The van der Waals surface area contributed by atoms with Crippen LogP contribution in [-0.4, -0.2) is 6.29 Å². The highest BCUT2D eigenvalue weighted by Gasteiger charge is 2.04. The van der Waals surface area contributed by atoms with Gasteiger partial charge in [-0.1, -0.05) is 17.7 Å². The standard InChI is InChI=1S/C12H9FO/c1-8-2-4-10-9(7-14)3-5-12(13)11(10)6-8/h2-7H,1H3. The van der Waals surface area contributed by atoms with Gasteiger partial charge in [-0.15, -0.1) is 0 Å². The van der Waals surface area contributed by atoms with Gasteiger partial charge in [-0.2, -0.15) is 0 Å². The van der Waals surface area contributed by atoms with Gasteiger partial charge >= 0.3 is 0 Å². The summed E-state index contributed by atoms with van der Waals surface area (Å²) in [5.41, 5.74) is 1.51. The maximum absolute atomic E-state index is 13.4. The Bertz CT molecular complexity index is 503. The van der Waals surface area contributed by atoms with Crippen molar-refractivity contribution in [2.45, 2.75) is 6.92 Å². The first-order valence-corrected chi connectivity index (χ1v) is 4.36. The maximum Gasteiger partial charge on any atom is 0.150 e. The Morgan fingerprint density at radius 3 is 2.64 bits per heavy atom. The van der Waals surface area contributed by atoms with Crippen molar-refractivity contribution in [3.05, 3.63) is 47.3 Å². The average molecular weight is 188 g/mol. The molecule has 70 valence electrons. The fourth-order valence-corrected chi connectivity index (χ4v) is 1.55. The molecule has 0 amide bonds. The summed E-state index contributed by atoms with van der Waals surface area (Å²) in [5.74, 6) is -0.283. The number of rotatable bonds is 1. The Labute approximate surface area is 81.2 Å². The average Bonchev–Trinajstić information content (AvgIpc) is 2.19. The number of aldehydes is 1. The predicted molar refractivity (Wildman–Crippen MR) is 54.0 cm³/mol. The minimum atomic E-state index is -0.283. The smallest absolute Gasteiger partial charge is 0.150 e. The zero-order chi connectivity index (χ0) is 10.1. The van der Waals surface area contributed by atoms with Gasteiger partial charge in [0.25, 0.3) is 0 Å². The summed E-state index contributed by atoms with van der Waals surface area (Å²) in [6.45, 7) is 1.90. The molecule has 2 rings (SSSR count). The molecule has 0 aromatic heterocycles. The van der Waals surface area contributed by atoms with Crippen molar-refractivity contribution in [2.75, 3.05) is 0 Å². The zero-order valence-electron chi connectivity index (χ0n) is 7.75. The fraction of sp³-hybridized carbons (Fsp3) is 0.0833. The lowest BCUT2D eigenvalue weighted by Crippen LogP contribution is -1.87. The molecule has 0 N–H and O–H groups in total. The normalized spacial score (nSPS) is 10.4. The zero-order valence-corrected chi connectivity index (χ0v) is 7.75. The van der Waals surface area contributed by atoms with Crippen molar-refractivity contribution in [1.29, 1.82) is 0 Å². The highest BCUT2D eigenvalue weighted by atomic mass is 19.1. The number of carbonyl (C=O) groups excluding carboxylic acids is 1. The number of benzene rings is 2. The summed E-state index contributed by atoms with van der Waals surface area (Å²) < 4.78 is 13.4. The Morgan fingerprint density at radius 1 is 1.14 bits per heavy atom. The summed E-state index contributed by atoms with van der Waals surface area (Å²) >= 11 is 0. The molecule has 0 unspecified atom stereocenters. The van der Waals surface area contributed by atoms with Gasteiger partial charge in [-0.25, -0.2) is 4.39 Å². The minimum Gasteiger partial charge on any atom is -0.298 e. The van der Waals surface area contributed by atoms with Gasteiger partial charge in [0, 0.05) is 10.9 Å². The van der Waals surface area contributed by atoms with Crippen molar-refractivity contribution in [3.8, 4) is 0 Å². The molecule has 1 nitrogen and oxygen atoms in total. The summed E-state index contributed by atoms with van der Waals surface area (Å²) in [6, 6.07) is 8.22. The second kappa shape index (κ2) is 3.22. The van der Waals surface area contributed by atoms with Crippen LogP contribution in [0, 0.1) is 12.7 Å². The van der Waals surface area contributed by atoms with Gasteiger partial charge < -0.3 is 0 Å². The van der Waals surface area contributed by atoms with Gasteiger partial charge in [-0.3, -0.25) is 4.79 Å². The summed E-state index contributed by atoms with van der Waals surface area (Å²) in [7, 11) is 0. The van der Waals surface area contributed by atoms with E-state index >= 15 is 0 Å². The predicted octanol–water partition coefficient (Wildman–Crippen LogP) is 3.10. The van der Waals surface area contributed by atoms with Crippen LogP contribution in [0.1, 0.15) is 15.9 Å². The highest BCUT2D eigenvalue weighted by Crippen LogP contribution is 2.21. The summed E-state index contributed by atoms with van der Waals surface area (Å²) in [5, 5.41) is 1.18. The first-order chi connectivity index (χ1) is 6.72. The molecular weight excluding hydrogens is 179 g/mol. The van der Waals surface area contributed by atoms with E-state index in [-0.39, 0.29) is 5.82 Å². The minimum absolute atomic E-state index is 0.283. The Kier molecular flexibility index (Phi) is 2.04. The van der Waals surface area contributed by atoms with E-state index in [0.717, 1.165) is 11.8 Å². The molecule has 0 fully saturated rings. The van der Waals surface area contributed by atoms with Crippen molar-refractivity contribution in [3.63, 3.8) is 0 Å². The largest absolute Gasteiger partial charge is 0.298 e. The molecular formula is C12H9FO. The van der Waals surface area contributed by atoms with E-state index in [1.54, 1.807) is 12.1 Å². The van der Waals surface area contributed by atoms with Crippen molar-refractivity contribution >= 4 is 17.1 Å². The van der Waals surface area contributed by atoms with Crippen molar-refractivity contribution < 1.29 is 9.18 Å². The third kappa shape index (κ3) is 1.29. The molecule has 0 aliphatic rings. The first kappa shape index (κ1) is 8.88. The van der Waals surface area contributed by atoms with Crippen LogP contribution in [0.3, 0.4) is 0 Å². The van der Waals surface area contributed by atoms with E-state index in [4.69, 9.17) is 0 Å².